The molecule has 0 bridgehead atoms. The van der Waals surface area contributed by atoms with Gasteiger partial charge in [0.05, 0.1) is 6.67 Å². The predicted octanol–water partition coefficient (Wildman–Crippen LogP) is 5.23. The first-order chi connectivity index (χ1) is 14.0. The van der Waals surface area contributed by atoms with E-state index >= 15 is 0 Å². The highest BCUT2D eigenvalue weighted by molar-refractivity contribution is 5.54. The number of nitrogens with zero attached hydrogens (tertiary/aromatic N) is 2. The average molecular weight is 411 g/mol. The van der Waals surface area contributed by atoms with E-state index in [1.807, 2.05) is 27.7 Å². The molecule has 1 heterocycles. The molecule has 30 heavy (non-hydrogen) atoms. The van der Waals surface area contributed by atoms with E-state index in [-0.39, 0.29) is 0 Å². The van der Waals surface area contributed by atoms with Gasteiger partial charge < -0.3 is 10.2 Å². The predicted molar refractivity (Wildman–Crippen MR) is 124 cm³/mol. The van der Waals surface area contributed by atoms with Crippen LogP contribution in [0, 0.1) is 55.4 Å². The van der Waals surface area contributed by atoms with E-state index in [4.69, 9.17) is 0 Å². The molecule has 0 amide bonds. The fourth-order valence-corrected chi connectivity index (χ4v) is 4.86. The molecule has 1 aliphatic heterocycles. The molecule has 1 fully saturated rings. The van der Waals surface area contributed by atoms with E-state index in [1.54, 1.807) is 0 Å². The molecule has 1 aliphatic rings. The molecule has 0 saturated carbocycles. The third-order valence-corrected chi connectivity index (χ3v) is 7.59. The van der Waals surface area contributed by atoms with Crippen LogP contribution in [-0.4, -0.2) is 39.8 Å². The molecule has 2 aromatic carbocycles. The summed E-state index contributed by atoms with van der Waals surface area (Å²) in [6.07, 6.45) is 1.16. The van der Waals surface area contributed by atoms with Gasteiger partial charge in [-0.05, 0) is 117 Å². The van der Waals surface area contributed by atoms with E-state index in [2.05, 4.69) is 37.5 Å². The molecule has 4 nitrogen and oxygen atoms in total. The van der Waals surface area contributed by atoms with Gasteiger partial charge in [0.25, 0.3) is 0 Å². The van der Waals surface area contributed by atoms with Crippen molar-refractivity contribution >= 4 is 0 Å². The van der Waals surface area contributed by atoms with Gasteiger partial charge in [-0.25, -0.2) is 0 Å². The van der Waals surface area contributed by atoms with Crippen molar-refractivity contribution in [2.24, 2.45) is 0 Å². The lowest BCUT2D eigenvalue weighted by molar-refractivity contribution is 0.0739. The molecule has 0 atom stereocenters. The first-order valence-corrected chi connectivity index (χ1v) is 11.1. The van der Waals surface area contributed by atoms with Crippen molar-refractivity contribution in [2.75, 3.05) is 19.8 Å². The van der Waals surface area contributed by atoms with Gasteiger partial charge in [0, 0.05) is 26.2 Å². The molecule has 1 saturated heterocycles. The summed E-state index contributed by atoms with van der Waals surface area (Å²) in [6, 6.07) is 0. The molecule has 3 rings (SSSR count). The Morgan fingerprint density at radius 2 is 0.833 bits per heavy atom. The minimum Gasteiger partial charge on any atom is -0.507 e. The monoisotopic (exact) mass is 410 g/mol. The highest BCUT2D eigenvalue weighted by Crippen LogP contribution is 2.34. The zero-order valence-electron chi connectivity index (χ0n) is 20.0. The van der Waals surface area contributed by atoms with Gasteiger partial charge in [0.1, 0.15) is 11.5 Å². The van der Waals surface area contributed by atoms with Gasteiger partial charge in [0.2, 0.25) is 0 Å². The van der Waals surface area contributed by atoms with Crippen molar-refractivity contribution in [3.05, 3.63) is 55.6 Å². The normalized spacial score (nSPS) is 15.7. The molecule has 164 valence electrons. The quantitative estimate of drug-likeness (QED) is 0.724. The van der Waals surface area contributed by atoms with Crippen molar-refractivity contribution in [1.29, 1.82) is 0 Å². The minimum atomic E-state index is 0.443. The first-order valence-electron chi connectivity index (χ1n) is 11.1. The number of benzene rings is 2. The Bertz CT molecular complexity index is 842. The lowest BCUT2D eigenvalue weighted by Crippen LogP contribution is -2.44. The van der Waals surface area contributed by atoms with Crippen LogP contribution in [0.15, 0.2) is 0 Å². The summed E-state index contributed by atoms with van der Waals surface area (Å²) in [5, 5.41) is 20.8. The first kappa shape index (κ1) is 22.6. The van der Waals surface area contributed by atoms with Crippen molar-refractivity contribution in [2.45, 2.75) is 74.9 Å². The Morgan fingerprint density at radius 1 is 0.533 bits per heavy atom. The summed E-state index contributed by atoms with van der Waals surface area (Å²) < 4.78 is 0. The van der Waals surface area contributed by atoms with Gasteiger partial charge in [0.15, 0.2) is 0 Å². The summed E-state index contributed by atoms with van der Waals surface area (Å²) in [6.45, 7) is 21.6. The number of hydrogen-bond donors (Lipinski definition) is 2. The molecule has 0 unspecified atom stereocenters. The van der Waals surface area contributed by atoms with Gasteiger partial charge in [-0.2, -0.15) is 0 Å². The van der Waals surface area contributed by atoms with E-state index in [0.29, 0.717) is 11.5 Å². The lowest BCUT2D eigenvalue weighted by Gasteiger charge is -2.37. The molecule has 2 aromatic rings. The second kappa shape index (κ2) is 8.60. The van der Waals surface area contributed by atoms with Crippen LogP contribution in [0.25, 0.3) is 0 Å². The molecule has 0 aliphatic carbocycles. The van der Waals surface area contributed by atoms with Gasteiger partial charge in [-0.1, -0.05) is 0 Å². The third-order valence-electron chi connectivity index (χ3n) is 7.59. The number of phenolic OH excluding ortho intramolecular Hbond substituents is 2. The van der Waals surface area contributed by atoms with Crippen molar-refractivity contribution < 1.29 is 10.2 Å². The lowest BCUT2D eigenvalue weighted by atomic mass is 9.92. The minimum absolute atomic E-state index is 0.443. The Morgan fingerprint density at radius 3 is 1.13 bits per heavy atom. The molecular formula is C26H38N2O2. The van der Waals surface area contributed by atoms with Crippen LogP contribution >= 0.6 is 0 Å². The standard InChI is InChI=1S/C26H38N2O2/c1-15-19(5)25(29)20(6)16(2)23(15)12-27-10-9-11-28(14-27)13-24-17(3)21(7)26(30)22(8)18(24)4/h29-30H,9-14H2,1-8H3. The summed E-state index contributed by atoms with van der Waals surface area (Å²) >= 11 is 0. The Kier molecular flexibility index (Phi) is 6.49. The third kappa shape index (κ3) is 3.95. The second-order valence-corrected chi connectivity index (χ2v) is 9.25. The van der Waals surface area contributed by atoms with Gasteiger partial charge in [-0.3, -0.25) is 9.80 Å². The number of hydrogen-bond acceptors (Lipinski definition) is 4. The molecule has 0 spiro atoms. The van der Waals surface area contributed by atoms with Crippen LogP contribution < -0.4 is 0 Å². The maximum absolute atomic E-state index is 10.4. The summed E-state index contributed by atoms with van der Waals surface area (Å²) in [5.74, 6) is 0.885. The smallest absolute Gasteiger partial charge is 0.121 e. The Hall–Kier alpha value is -2.04. The van der Waals surface area contributed by atoms with E-state index < -0.39 is 0 Å². The van der Waals surface area contributed by atoms with Crippen LogP contribution in [0.3, 0.4) is 0 Å². The van der Waals surface area contributed by atoms with E-state index in [1.165, 1.54) is 33.4 Å². The molecular weight excluding hydrogens is 372 g/mol. The molecule has 4 heteroatoms. The zero-order valence-corrected chi connectivity index (χ0v) is 20.0. The largest absolute Gasteiger partial charge is 0.507 e. The topological polar surface area (TPSA) is 46.9 Å². The van der Waals surface area contributed by atoms with Crippen LogP contribution in [-0.2, 0) is 13.1 Å². The summed E-state index contributed by atoms with van der Waals surface area (Å²) in [7, 11) is 0. The number of rotatable bonds is 4. The molecule has 0 aromatic heterocycles. The van der Waals surface area contributed by atoms with Crippen LogP contribution in [0.1, 0.15) is 62.1 Å². The second-order valence-electron chi connectivity index (χ2n) is 9.25. The Balaban J connectivity index is 1.82. The Labute approximate surface area is 182 Å². The SMILES string of the molecule is Cc1c(C)c(CN2CCCN(Cc3c(C)c(C)c(O)c(C)c3C)C2)c(C)c(C)c1O. The summed E-state index contributed by atoms with van der Waals surface area (Å²) in [4.78, 5) is 5.05. The molecule has 2 N–H and O–H groups in total. The van der Waals surface area contributed by atoms with Crippen molar-refractivity contribution in [1.82, 2.24) is 9.80 Å². The fourth-order valence-electron chi connectivity index (χ4n) is 4.86. The maximum atomic E-state index is 10.4. The summed E-state index contributed by atoms with van der Waals surface area (Å²) in [5.41, 5.74) is 11.6. The zero-order chi connectivity index (χ0) is 22.3. The highest BCUT2D eigenvalue weighted by atomic mass is 16.3. The maximum Gasteiger partial charge on any atom is 0.121 e. The highest BCUT2D eigenvalue weighted by Gasteiger charge is 2.23. The van der Waals surface area contributed by atoms with Crippen LogP contribution in [0.2, 0.25) is 0 Å². The number of phenols is 2. The van der Waals surface area contributed by atoms with Crippen LogP contribution in [0.5, 0.6) is 11.5 Å². The molecule has 0 radical (unpaired) electrons. The van der Waals surface area contributed by atoms with Gasteiger partial charge in [-0.15, -0.1) is 0 Å². The van der Waals surface area contributed by atoms with Crippen LogP contribution in [0.4, 0.5) is 0 Å². The number of aromatic hydroxyl groups is 2. The van der Waals surface area contributed by atoms with Gasteiger partial charge >= 0.3 is 0 Å². The van der Waals surface area contributed by atoms with E-state index in [0.717, 1.165) is 61.5 Å². The average Bonchev–Trinajstić information content (AvgIpc) is 2.74. The van der Waals surface area contributed by atoms with E-state index in [9.17, 15) is 10.2 Å². The van der Waals surface area contributed by atoms with Crippen molar-refractivity contribution in [3.63, 3.8) is 0 Å². The fraction of sp³-hybridized carbons (Fsp3) is 0.538. The van der Waals surface area contributed by atoms with Crippen molar-refractivity contribution in [3.8, 4) is 11.5 Å².